The summed E-state index contributed by atoms with van der Waals surface area (Å²) in [5, 5.41) is 2.91. The van der Waals surface area contributed by atoms with Crippen LogP contribution in [0.3, 0.4) is 0 Å². The fraction of sp³-hybridized carbons (Fsp3) is 0.250. The van der Waals surface area contributed by atoms with Gasteiger partial charge >= 0.3 is 0 Å². The van der Waals surface area contributed by atoms with E-state index in [9.17, 15) is 4.39 Å². The highest BCUT2D eigenvalue weighted by atomic mass is 79.9. The zero-order valence-corrected chi connectivity index (χ0v) is 7.78. The molecule has 1 nitrogen and oxygen atoms in total. The van der Waals surface area contributed by atoms with Crippen LogP contribution in [0.5, 0.6) is 0 Å². The van der Waals surface area contributed by atoms with Crippen molar-refractivity contribution >= 4 is 21.6 Å². The SMILES string of the molecule is CCNc1ccc(Br)cc1F. The fourth-order valence-corrected chi connectivity index (χ4v) is 1.16. The summed E-state index contributed by atoms with van der Waals surface area (Å²) in [6.45, 7) is 2.67. The minimum absolute atomic E-state index is 0.221. The van der Waals surface area contributed by atoms with E-state index in [0.29, 0.717) is 5.69 Å². The van der Waals surface area contributed by atoms with Crippen LogP contribution in [0.1, 0.15) is 6.92 Å². The lowest BCUT2D eigenvalue weighted by molar-refractivity contribution is 0.629. The molecular formula is C8H9BrFN. The molecule has 0 amide bonds. The lowest BCUT2D eigenvalue weighted by Crippen LogP contribution is -1.98. The lowest BCUT2D eigenvalue weighted by Gasteiger charge is -2.03. The van der Waals surface area contributed by atoms with Crippen molar-refractivity contribution in [1.82, 2.24) is 0 Å². The van der Waals surface area contributed by atoms with E-state index in [2.05, 4.69) is 21.2 Å². The molecule has 1 aromatic rings. The molecule has 0 saturated carbocycles. The van der Waals surface area contributed by atoms with Gasteiger partial charge in [0.05, 0.1) is 5.69 Å². The quantitative estimate of drug-likeness (QED) is 0.804. The second-order valence-electron chi connectivity index (χ2n) is 2.15. The van der Waals surface area contributed by atoms with Gasteiger partial charge in [0.25, 0.3) is 0 Å². The van der Waals surface area contributed by atoms with Gasteiger partial charge in [0.2, 0.25) is 0 Å². The molecule has 11 heavy (non-hydrogen) atoms. The molecule has 0 aliphatic carbocycles. The topological polar surface area (TPSA) is 12.0 Å². The molecule has 0 heterocycles. The third-order valence-electron chi connectivity index (χ3n) is 1.30. The molecule has 0 aromatic heterocycles. The van der Waals surface area contributed by atoms with Crippen molar-refractivity contribution in [2.75, 3.05) is 11.9 Å². The van der Waals surface area contributed by atoms with Crippen molar-refractivity contribution in [2.24, 2.45) is 0 Å². The van der Waals surface area contributed by atoms with Crippen LogP contribution in [-0.4, -0.2) is 6.54 Å². The Bertz CT molecular complexity index is 250. The van der Waals surface area contributed by atoms with Crippen LogP contribution >= 0.6 is 15.9 Å². The molecule has 60 valence electrons. The smallest absolute Gasteiger partial charge is 0.147 e. The largest absolute Gasteiger partial charge is 0.383 e. The van der Waals surface area contributed by atoms with E-state index in [-0.39, 0.29) is 5.82 Å². The van der Waals surface area contributed by atoms with Gasteiger partial charge in [-0.15, -0.1) is 0 Å². The Morgan fingerprint density at radius 3 is 2.82 bits per heavy atom. The van der Waals surface area contributed by atoms with Crippen molar-refractivity contribution in [1.29, 1.82) is 0 Å². The maximum atomic E-state index is 12.9. The predicted octanol–water partition coefficient (Wildman–Crippen LogP) is 3.02. The Morgan fingerprint density at radius 2 is 2.27 bits per heavy atom. The second-order valence-corrected chi connectivity index (χ2v) is 3.07. The van der Waals surface area contributed by atoms with Crippen molar-refractivity contribution < 1.29 is 4.39 Å². The van der Waals surface area contributed by atoms with Crippen LogP contribution in [0.25, 0.3) is 0 Å². The summed E-state index contributed by atoms with van der Waals surface area (Å²) in [6.07, 6.45) is 0. The molecule has 1 aromatic carbocycles. The summed E-state index contributed by atoms with van der Waals surface area (Å²) in [5.74, 6) is -0.221. The number of nitrogens with one attached hydrogen (secondary N) is 1. The molecule has 0 bridgehead atoms. The molecule has 0 saturated heterocycles. The number of hydrogen-bond donors (Lipinski definition) is 1. The van der Waals surface area contributed by atoms with Gasteiger partial charge < -0.3 is 5.32 Å². The van der Waals surface area contributed by atoms with Gasteiger partial charge in [-0.2, -0.15) is 0 Å². The first kappa shape index (κ1) is 8.53. The maximum absolute atomic E-state index is 12.9. The van der Waals surface area contributed by atoms with E-state index >= 15 is 0 Å². The summed E-state index contributed by atoms with van der Waals surface area (Å²) in [5.41, 5.74) is 0.552. The van der Waals surface area contributed by atoms with Crippen LogP contribution in [-0.2, 0) is 0 Å². The van der Waals surface area contributed by atoms with Crippen LogP contribution in [0.4, 0.5) is 10.1 Å². The Kier molecular flexibility index (Phi) is 2.88. The van der Waals surface area contributed by atoms with Gasteiger partial charge in [-0.1, -0.05) is 15.9 Å². The van der Waals surface area contributed by atoms with Gasteiger partial charge in [0.1, 0.15) is 5.82 Å². The highest BCUT2D eigenvalue weighted by Crippen LogP contribution is 2.18. The Morgan fingerprint density at radius 1 is 1.55 bits per heavy atom. The molecular weight excluding hydrogens is 209 g/mol. The lowest BCUT2D eigenvalue weighted by atomic mass is 10.3. The van der Waals surface area contributed by atoms with E-state index in [1.54, 1.807) is 12.1 Å². The van der Waals surface area contributed by atoms with E-state index in [1.165, 1.54) is 6.07 Å². The van der Waals surface area contributed by atoms with E-state index in [0.717, 1.165) is 11.0 Å². The van der Waals surface area contributed by atoms with Crippen LogP contribution in [0.2, 0.25) is 0 Å². The monoisotopic (exact) mass is 217 g/mol. The van der Waals surface area contributed by atoms with Gasteiger partial charge in [-0.05, 0) is 25.1 Å². The van der Waals surface area contributed by atoms with Crippen LogP contribution in [0, 0.1) is 5.82 Å². The summed E-state index contributed by atoms with van der Waals surface area (Å²) in [4.78, 5) is 0. The average Bonchev–Trinajstić information content (AvgIpc) is 1.95. The number of halogens is 2. The molecule has 0 atom stereocenters. The molecule has 0 radical (unpaired) electrons. The molecule has 0 spiro atoms. The summed E-state index contributed by atoms with van der Waals surface area (Å²) < 4.78 is 13.7. The number of hydrogen-bond acceptors (Lipinski definition) is 1. The maximum Gasteiger partial charge on any atom is 0.147 e. The number of rotatable bonds is 2. The first-order valence-electron chi connectivity index (χ1n) is 3.43. The predicted molar refractivity (Wildman–Crippen MR) is 48.3 cm³/mol. The molecule has 3 heteroatoms. The Balaban J connectivity index is 2.90. The third kappa shape index (κ3) is 2.19. The summed E-state index contributed by atoms with van der Waals surface area (Å²) in [7, 11) is 0. The van der Waals surface area contributed by atoms with Gasteiger partial charge in [-0.3, -0.25) is 0 Å². The van der Waals surface area contributed by atoms with E-state index in [1.807, 2.05) is 6.92 Å². The molecule has 0 aliphatic rings. The Hall–Kier alpha value is -0.570. The van der Waals surface area contributed by atoms with Crippen molar-refractivity contribution in [3.8, 4) is 0 Å². The minimum Gasteiger partial charge on any atom is -0.383 e. The first-order chi connectivity index (χ1) is 5.24. The molecule has 0 unspecified atom stereocenters. The minimum atomic E-state index is -0.221. The average molecular weight is 218 g/mol. The zero-order chi connectivity index (χ0) is 8.27. The number of benzene rings is 1. The molecule has 1 rings (SSSR count). The standard InChI is InChI=1S/C8H9BrFN/c1-2-11-8-4-3-6(9)5-7(8)10/h3-5,11H,2H2,1H3. The first-order valence-corrected chi connectivity index (χ1v) is 4.22. The highest BCUT2D eigenvalue weighted by molar-refractivity contribution is 9.10. The molecule has 0 aliphatic heterocycles. The van der Waals surface area contributed by atoms with Crippen molar-refractivity contribution in [3.63, 3.8) is 0 Å². The van der Waals surface area contributed by atoms with Crippen LogP contribution in [0.15, 0.2) is 22.7 Å². The Labute approximate surface area is 73.7 Å². The number of anilines is 1. The highest BCUT2D eigenvalue weighted by Gasteiger charge is 1.99. The molecule has 1 N–H and O–H groups in total. The summed E-state index contributed by atoms with van der Waals surface area (Å²) >= 11 is 3.18. The fourth-order valence-electron chi connectivity index (χ4n) is 0.823. The molecule has 0 fully saturated rings. The van der Waals surface area contributed by atoms with Crippen molar-refractivity contribution in [3.05, 3.63) is 28.5 Å². The van der Waals surface area contributed by atoms with Gasteiger partial charge in [0.15, 0.2) is 0 Å². The summed E-state index contributed by atoms with van der Waals surface area (Å²) in [6, 6.07) is 4.96. The van der Waals surface area contributed by atoms with Gasteiger partial charge in [-0.25, -0.2) is 4.39 Å². The van der Waals surface area contributed by atoms with E-state index < -0.39 is 0 Å². The second kappa shape index (κ2) is 3.72. The van der Waals surface area contributed by atoms with Crippen LogP contribution < -0.4 is 5.32 Å². The van der Waals surface area contributed by atoms with E-state index in [4.69, 9.17) is 0 Å². The third-order valence-corrected chi connectivity index (χ3v) is 1.79. The normalized spacial score (nSPS) is 9.73. The van der Waals surface area contributed by atoms with Gasteiger partial charge in [0, 0.05) is 11.0 Å². The van der Waals surface area contributed by atoms with Crippen molar-refractivity contribution in [2.45, 2.75) is 6.92 Å². The zero-order valence-electron chi connectivity index (χ0n) is 6.20.